The van der Waals surface area contributed by atoms with Gasteiger partial charge in [0, 0.05) is 23.7 Å². The van der Waals surface area contributed by atoms with E-state index in [0.29, 0.717) is 23.7 Å². The van der Waals surface area contributed by atoms with E-state index in [0.717, 1.165) is 5.56 Å². The van der Waals surface area contributed by atoms with Crippen LogP contribution in [0.3, 0.4) is 0 Å². The second-order valence-electron chi connectivity index (χ2n) is 5.88. The summed E-state index contributed by atoms with van der Waals surface area (Å²) in [4.78, 5) is 28.9. The summed E-state index contributed by atoms with van der Waals surface area (Å²) in [6.45, 7) is 4.44. The number of anilines is 1. The van der Waals surface area contributed by atoms with Crippen molar-refractivity contribution in [3.63, 3.8) is 0 Å². The Morgan fingerprint density at radius 3 is 2.50 bits per heavy atom. The number of nitrogens with zero attached hydrogens (tertiary/aromatic N) is 1. The van der Waals surface area contributed by atoms with Crippen LogP contribution in [0.1, 0.15) is 36.2 Å². The van der Waals surface area contributed by atoms with Gasteiger partial charge in [-0.3, -0.25) is 9.59 Å². The second kappa shape index (κ2) is 8.56. The van der Waals surface area contributed by atoms with Crippen LogP contribution in [-0.4, -0.2) is 22.8 Å². The Bertz CT molecular complexity index is 668. The Hall–Kier alpha value is -2.25. The molecule has 2 amide bonds. The van der Waals surface area contributed by atoms with Gasteiger partial charge in [-0.15, -0.1) is 11.3 Å². The largest absolute Gasteiger partial charge is 0.340 e. The van der Waals surface area contributed by atoms with Crippen LogP contribution in [0.15, 0.2) is 35.8 Å². The molecule has 24 heavy (non-hydrogen) atoms. The van der Waals surface area contributed by atoms with Gasteiger partial charge in [0.15, 0.2) is 5.13 Å². The number of hydrogen-bond acceptors (Lipinski definition) is 5. The van der Waals surface area contributed by atoms with Crippen molar-refractivity contribution in [1.82, 2.24) is 10.3 Å². The Kier molecular flexibility index (Phi) is 6.45. The van der Waals surface area contributed by atoms with Gasteiger partial charge in [-0.2, -0.15) is 0 Å². The first-order chi connectivity index (χ1) is 11.5. The molecule has 1 atom stereocenters. The van der Waals surface area contributed by atoms with E-state index >= 15 is 0 Å². The number of hydrogen-bond donors (Lipinski definition) is 3. The van der Waals surface area contributed by atoms with Crippen molar-refractivity contribution in [3.8, 4) is 0 Å². The summed E-state index contributed by atoms with van der Waals surface area (Å²) in [5, 5.41) is 7.85. The summed E-state index contributed by atoms with van der Waals surface area (Å²) in [5.41, 5.74) is 7.01. The Morgan fingerprint density at radius 1 is 1.25 bits per heavy atom. The first-order valence-corrected chi connectivity index (χ1v) is 8.67. The molecule has 0 saturated carbocycles. The molecule has 0 spiro atoms. The van der Waals surface area contributed by atoms with E-state index < -0.39 is 6.04 Å². The van der Waals surface area contributed by atoms with Crippen LogP contribution in [0.2, 0.25) is 0 Å². The number of carbonyl (C=O) groups excluding carboxylic acids is 2. The van der Waals surface area contributed by atoms with Gasteiger partial charge in [0.2, 0.25) is 5.91 Å². The molecule has 0 aliphatic carbocycles. The lowest BCUT2D eigenvalue weighted by molar-refractivity contribution is -0.118. The fourth-order valence-corrected chi connectivity index (χ4v) is 2.75. The van der Waals surface area contributed by atoms with Crippen molar-refractivity contribution in [3.05, 3.63) is 47.0 Å². The van der Waals surface area contributed by atoms with Crippen LogP contribution in [-0.2, 0) is 11.3 Å². The highest BCUT2D eigenvalue weighted by atomic mass is 32.1. The average molecular weight is 346 g/mol. The number of benzene rings is 1. The van der Waals surface area contributed by atoms with Crippen molar-refractivity contribution < 1.29 is 9.59 Å². The van der Waals surface area contributed by atoms with Gasteiger partial charge in [0.05, 0.1) is 0 Å². The molecule has 2 rings (SSSR count). The number of thiazole rings is 1. The lowest BCUT2D eigenvalue weighted by atomic mass is 10.0. The van der Waals surface area contributed by atoms with E-state index in [2.05, 4.69) is 15.6 Å². The highest BCUT2D eigenvalue weighted by molar-refractivity contribution is 7.13. The van der Waals surface area contributed by atoms with Gasteiger partial charge in [0.1, 0.15) is 6.04 Å². The third-order valence-corrected chi connectivity index (χ3v) is 4.13. The minimum Gasteiger partial charge on any atom is -0.340 e. The van der Waals surface area contributed by atoms with E-state index in [-0.39, 0.29) is 17.7 Å². The summed E-state index contributed by atoms with van der Waals surface area (Å²) in [7, 11) is 0. The molecular weight excluding hydrogens is 324 g/mol. The predicted molar refractivity (Wildman–Crippen MR) is 95.8 cm³/mol. The van der Waals surface area contributed by atoms with Gasteiger partial charge < -0.3 is 16.4 Å². The van der Waals surface area contributed by atoms with E-state index in [1.165, 1.54) is 11.3 Å². The molecule has 1 heterocycles. The Labute approximate surface area is 145 Å². The fourth-order valence-electron chi connectivity index (χ4n) is 2.21. The maximum atomic E-state index is 12.4. The Morgan fingerprint density at radius 2 is 1.96 bits per heavy atom. The van der Waals surface area contributed by atoms with Crippen molar-refractivity contribution in [1.29, 1.82) is 0 Å². The summed E-state index contributed by atoms with van der Waals surface area (Å²) in [6, 6.07) is 6.42. The molecule has 2 aromatic rings. The monoisotopic (exact) mass is 346 g/mol. The molecule has 1 unspecified atom stereocenters. The number of carbonyl (C=O) groups is 2. The maximum Gasteiger partial charge on any atom is 0.251 e. The highest BCUT2D eigenvalue weighted by Crippen LogP contribution is 2.13. The highest BCUT2D eigenvalue weighted by Gasteiger charge is 2.23. The fraction of sp³-hybridized carbons (Fsp3) is 0.353. The molecule has 0 bridgehead atoms. The zero-order chi connectivity index (χ0) is 17.5. The van der Waals surface area contributed by atoms with Crippen LogP contribution < -0.4 is 16.4 Å². The molecule has 0 aliphatic heterocycles. The van der Waals surface area contributed by atoms with E-state index in [9.17, 15) is 9.59 Å². The second-order valence-corrected chi connectivity index (χ2v) is 6.78. The SMILES string of the molecule is CC(C)CC(NC(=O)c1ccc(CN)cc1)C(=O)Nc1nccs1. The van der Waals surface area contributed by atoms with Crippen molar-refractivity contribution >= 4 is 28.3 Å². The molecule has 0 saturated heterocycles. The summed E-state index contributed by atoms with van der Waals surface area (Å²) < 4.78 is 0. The molecule has 128 valence electrons. The molecule has 0 radical (unpaired) electrons. The van der Waals surface area contributed by atoms with E-state index in [4.69, 9.17) is 5.73 Å². The molecular formula is C17H22N4O2S. The van der Waals surface area contributed by atoms with Crippen LogP contribution in [0.5, 0.6) is 0 Å². The topological polar surface area (TPSA) is 97.1 Å². The van der Waals surface area contributed by atoms with Gasteiger partial charge in [-0.05, 0) is 30.0 Å². The molecule has 1 aromatic carbocycles. The first kappa shape index (κ1) is 18.1. The zero-order valence-electron chi connectivity index (χ0n) is 13.8. The van der Waals surface area contributed by atoms with Crippen molar-refractivity contribution in [2.45, 2.75) is 32.9 Å². The molecule has 0 fully saturated rings. The minimum atomic E-state index is -0.615. The predicted octanol–water partition coefficient (Wildman–Crippen LogP) is 2.38. The van der Waals surface area contributed by atoms with Gasteiger partial charge in [-0.1, -0.05) is 26.0 Å². The first-order valence-electron chi connectivity index (χ1n) is 7.79. The van der Waals surface area contributed by atoms with Crippen LogP contribution in [0, 0.1) is 5.92 Å². The van der Waals surface area contributed by atoms with Crippen LogP contribution in [0.4, 0.5) is 5.13 Å². The summed E-state index contributed by atoms with van der Waals surface area (Å²) in [5.74, 6) is -0.277. The molecule has 4 N–H and O–H groups in total. The van der Waals surface area contributed by atoms with E-state index in [1.54, 1.807) is 23.7 Å². The number of aromatic nitrogens is 1. The molecule has 7 heteroatoms. The van der Waals surface area contributed by atoms with Crippen LogP contribution >= 0.6 is 11.3 Å². The van der Waals surface area contributed by atoms with Gasteiger partial charge >= 0.3 is 0 Å². The van der Waals surface area contributed by atoms with E-state index in [1.807, 2.05) is 26.0 Å². The Balaban J connectivity index is 2.06. The zero-order valence-corrected chi connectivity index (χ0v) is 14.6. The summed E-state index contributed by atoms with van der Waals surface area (Å²) >= 11 is 1.34. The number of amides is 2. The number of rotatable bonds is 7. The summed E-state index contributed by atoms with van der Waals surface area (Å²) in [6.07, 6.45) is 2.17. The molecule has 1 aromatic heterocycles. The smallest absolute Gasteiger partial charge is 0.251 e. The standard InChI is InChI=1S/C17H22N4O2S/c1-11(2)9-14(16(23)21-17-19-7-8-24-17)20-15(22)13-5-3-12(10-18)4-6-13/h3-8,11,14H,9-10,18H2,1-2H3,(H,20,22)(H,19,21,23). The average Bonchev–Trinajstić information content (AvgIpc) is 3.06. The quantitative estimate of drug-likeness (QED) is 0.717. The third-order valence-electron chi connectivity index (χ3n) is 3.44. The number of nitrogens with one attached hydrogen (secondary N) is 2. The lowest BCUT2D eigenvalue weighted by Gasteiger charge is -2.19. The van der Waals surface area contributed by atoms with Crippen LogP contribution in [0.25, 0.3) is 0 Å². The lowest BCUT2D eigenvalue weighted by Crippen LogP contribution is -2.44. The third kappa shape index (κ3) is 5.14. The normalized spacial score (nSPS) is 12.0. The molecule has 0 aliphatic rings. The maximum absolute atomic E-state index is 12.4. The van der Waals surface area contributed by atoms with Crippen molar-refractivity contribution in [2.75, 3.05) is 5.32 Å². The van der Waals surface area contributed by atoms with Gasteiger partial charge in [-0.25, -0.2) is 4.98 Å². The molecule has 6 nitrogen and oxygen atoms in total. The number of nitrogens with two attached hydrogens (primary N) is 1. The van der Waals surface area contributed by atoms with Gasteiger partial charge in [0.25, 0.3) is 5.91 Å². The minimum absolute atomic E-state index is 0.259. The van der Waals surface area contributed by atoms with Crippen molar-refractivity contribution in [2.24, 2.45) is 11.7 Å².